The molecule has 0 saturated heterocycles. The van der Waals surface area contributed by atoms with Crippen molar-refractivity contribution >= 4 is 23.6 Å². The van der Waals surface area contributed by atoms with E-state index in [0.717, 1.165) is 12.0 Å². The Morgan fingerprint density at radius 2 is 1.79 bits per heavy atom. The largest absolute Gasteiger partial charge is 0.490 e. The second-order valence-electron chi connectivity index (χ2n) is 6.43. The number of ether oxygens (including phenoxy) is 2. The first-order valence-corrected chi connectivity index (χ1v) is 9.71. The van der Waals surface area contributed by atoms with Crippen LogP contribution >= 0.6 is 0 Å². The molecule has 0 fully saturated rings. The molecule has 0 heterocycles. The van der Waals surface area contributed by atoms with Gasteiger partial charge in [0.2, 0.25) is 11.8 Å². The molecule has 0 spiro atoms. The summed E-state index contributed by atoms with van der Waals surface area (Å²) in [5.74, 6) is 0.812. The fraction of sp³-hybridized carbons (Fsp3) is 0.304. The van der Waals surface area contributed by atoms with E-state index in [-0.39, 0.29) is 18.4 Å². The lowest BCUT2D eigenvalue weighted by Gasteiger charge is -2.15. The monoisotopic (exact) mass is 396 g/mol. The van der Waals surface area contributed by atoms with Crippen molar-refractivity contribution in [1.82, 2.24) is 4.90 Å². The number of benzene rings is 2. The van der Waals surface area contributed by atoms with E-state index < -0.39 is 0 Å². The maximum atomic E-state index is 12.3. The molecule has 0 aliphatic rings. The highest BCUT2D eigenvalue weighted by atomic mass is 16.5. The standard InChI is InChI=1S/C23H28N2O4/c1-4-15-29-20-13-11-18(16-21(20)28-5-2)12-14-23(27)25(3)17-22(26)24-19-9-7-6-8-10-19/h6-14,16H,4-5,15,17H2,1-3H3,(H,24,26)/b14-12+. The zero-order valence-corrected chi connectivity index (χ0v) is 17.2. The van der Waals surface area contributed by atoms with Crippen molar-refractivity contribution in [2.75, 3.05) is 32.1 Å². The number of rotatable bonds is 10. The number of likely N-dealkylation sites (N-methyl/N-ethyl adjacent to an activating group) is 1. The molecule has 2 aromatic carbocycles. The third-order valence-electron chi connectivity index (χ3n) is 3.96. The van der Waals surface area contributed by atoms with Crippen LogP contribution < -0.4 is 14.8 Å². The highest BCUT2D eigenvalue weighted by Crippen LogP contribution is 2.29. The Morgan fingerprint density at radius 1 is 1.03 bits per heavy atom. The Labute approximate surface area is 172 Å². The van der Waals surface area contributed by atoms with E-state index in [9.17, 15) is 9.59 Å². The Balaban J connectivity index is 1.96. The average molecular weight is 396 g/mol. The van der Waals surface area contributed by atoms with Crippen molar-refractivity contribution in [1.29, 1.82) is 0 Å². The lowest BCUT2D eigenvalue weighted by molar-refractivity contribution is -0.129. The van der Waals surface area contributed by atoms with Crippen molar-refractivity contribution in [3.63, 3.8) is 0 Å². The van der Waals surface area contributed by atoms with Crippen LogP contribution in [-0.4, -0.2) is 43.5 Å². The van der Waals surface area contributed by atoms with E-state index in [4.69, 9.17) is 9.47 Å². The molecule has 0 radical (unpaired) electrons. The molecular weight excluding hydrogens is 368 g/mol. The van der Waals surface area contributed by atoms with Gasteiger partial charge in [-0.15, -0.1) is 0 Å². The molecule has 154 valence electrons. The summed E-state index contributed by atoms with van der Waals surface area (Å²) in [6.45, 7) is 5.05. The van der Waals surface area contributed by atoms with Crippen LogP contribution in [0.3, 0.4) is 0 Å². The van der Waals surface area contributed by atoms with Crippen LogP contribution in [0.4, 0.5) is 5.69 Å². The molecule has 1 N–H and O–H groups in total. The fourth-order valence-corrected chi connectivity index (χ4v) is 2.54. The first kappa shape index (κ1) is 22.0. The normalized spacial score (nSPS) is 10.6. The molecule has 0 saturated carbocycles. The van der Waals surface area contributed by atoms with Crippen molar-refractivity contribution < 1.29 is 19.1 Å². The average Bonchev–Trinajstić information content (AvgIpc) is 2.72. The predicted octanol–water partition coefficient (Wildman–Crippen LogP) is 3.98. The van der Waals surface area contributed by atoms with Crippen molar-refractivity contribution in [2.24, 2.45) is 0 Å². The molecular formula is C23H28N2O4. The molecule has 2 rings (SSSR count). The second kappa shape index (κ2) is 11.5. The van der Waals surface area contributed by atoms with E-state index in [1.165, 1.54) is 11.0 Å². The van der Waals surface area contributed by atoms with Crippen LogP contribution in [0.5, 0.6) is 11.5 Å². The molecule has 0 aliphatic carbocycles. The third-order valence-corrected chi connectivity index (χ3v) is 3.96. The Kier molecular flexibility index (Phi) is 8.76. The molecule has 0 atom stereocenters. The Bertz CT molecular complexity index is 834. The van der Waals surface area contributed by atoms with Gasteiger partial charge in [-0.2, -0.15) is 0 Å². The second-order valence-corrected chi connectivity index (χ2v) is 6.43. The number of hydrogen-bond donors (Lipinski definition) is 1. The number of carbonyl (C=O) groups excluding carboxylic acids is 2. The van der Waals surface area contributed by atoms with Gasteiger partial charge in [0.15, 0.2) is 11.5 Å². The Morgan fingerprint density at radius 3 is 2.48 bits per heavy atom. The van der Waals surface area contributed by atoms with Gasteiger partial charge < -0.3 is 19.7 Å². The first-order valence-electron chi connectivity index (χ1n) is 9.71. The number of amides is 2. The van der Waals surface area contributed by atoms with E-state index in [2.05, 4.69) is 5.32 Å². The highest BCUT2D eigenvalue weighted by molar-refractivity contribution is 5.97. The van der Waals surface area contributed by atoms with Crippen LogP contribution in [0, 0.1) is 0 Å². The maximum absolute atomic E-state index is 12.3. The number of nitrogens with one attached hydrogen (secondary N) is 1. The third kappa shape index (κ3) is 7.33. The summed E-state index contributed by atoms with van der Waals surface area (Å²) in [5, 5.41) is 2.76. The summed E-state index contributed by atoms with van der Waals surface area (Å²) in [7, 11) is 1.59. The molecule has 0 aliphatic heterocycles. The van der Waals surface area contributed by atoms with Gasteiger partial charge in [-0.25, -0.2) is 0 Å². The molecule has 0 aromatic heterocycles. The number of para-hydroxylation sites is 1. The Hall–Kier alpha value is -3.28. The van der Waals surface area contributed by atoms with Crippen LogP contribution in [0.15, 0.2) is 54.6 Å². The van der Waals surface area contributed by atoms with Crippen LogP contribution in [-0.2, 0) is 9.59 Å². The van der Waals surface area contributed by atoms with E-state index >= 15 is 0 Å². The van der Waals surface area contributed by atoms with Gasteiger partial charge in [-0.05, 0) is 49.2 Å². The zero-order valence-electron chi connectivity index (χ0n) is 17.2. The molecule has 29 heavy (non-hydrogen) atoms. The summed E-state index contributed by atoms with van der Waals surface area (Å²) >= 11 is 0. The minimum absolute atomic E-state index is 0.0357. The molecule has 0 unspecified atom stereocenters. The van der Waals surface area contributed by atoms with Gasteiger partial charge in [0.1, 0.15) is 0 Å². The van der Waals surface area contributed by atoms with Gasteiger partial charge in [0.25, 0.3) is 0 Å². The van der Waals surface area contributed by atoms with Crippen molar-refractivity contribution in [3.05, 3.63) is 60.2 Å². The van der Waals surface area contributed by atoms with E-state index in [0.29, 0.717) is 30.4 Å². The predicted molar refractivity (Wildman–Crippen MR) is 115 cm³/mol. The first-order chi connectivity index (χ1) is 14.0. The topological polar surface area (TPSA) is 67.9 Å². The number of hydrogen-bond acceptors (Lipinski definition) is 4. The quantitative estimate of drug-likeness (QED) is 0.617. The number of carbonyl (C=O) groups is 2. The van der Waals surface area contributed by atoms with Crippen LogP contribution in [0.1, 0.15) is 25.8 Å². The van der Waals surface area contributed by atoms with Gasteiger partial charge in [-0.3, -0.25) is 9.59 Å². The summed E-state index contributed by atoms with van der Waals surface area (Å²) in [6, 6.07) is 14.7. The molecule has 2 amide bonds. The molecule has 0 bridgehead atoms. The van der Waals surface area contributed by atoms with Gasteiger partial charge in [-0.1, -0.05) is 31.2 Å². The zero-order chi connectivity index (χ0) is 21.1. The van der Waals surface area contributed by atoms with Crippen molar-refractivity contribution in [3.8, 4) is 11.5 Å². The summed E-state index contributed by atoms with van der Waals surface area (Å²) in [5.41, 5.74) is 1.51. The highest BCUT2D eigenvalue weighted by Gasteiger charge is 2.11. The minimum Gasteiger partial charge on any atom is -0.490 e. The van der Waals surface area contributed by atoms with Crippen molar-refractivity contribution in [2.45, 2.75) is 20.3 Å². The molecule has 2 aromatic rings. The molecule has 6 nitrogen and oxygen atoms in total. The lowest BCUT2D eigenvalue weighted by Crippen LogP contribution is -2.33. The number of nitrogens with zero attached hydrogens (tertiary/aromatic N) is 1. The summed E-state index contributed by atoms with van der Waals surface area (Å²) in [4.78, 5) is 25.8. The van der Waals surface area contributed by atoms with Crippen LogP contribution in [0.2, 0.25) is 0 Å². The van der Waals surface area contributed by atoms with Crippen LogP contribution in [0.25, 0.3) is 6.08 Å². The summed E-state index contributed by atoms with van der Waals surface area (Å²) in [6.07, 6.45) is 4.04. The smallest absolute Gasteiger partial charge is 0.246 e. The van der Waals surface area contributed by atoms with E-state index in [1.54, 1.807) is 25.3 Å². The fourth-order valence-electron chi connectivity index (χ4n) is 2.54. The SMILES string of the molecule is CCCOc1ccc(/C=C/C(=O)N(C)CC(=O)Nc2ccccc2)cc1OCC. The van der Waals surface area contributed by atoms with E-state index in [1.807, 2.05) is 50.2 Å². The van der Waals surface area contributed by atoms with Gasteiger partial charge >= 0.3 is 0 Å². The summed E-state index contributed by atoms with van der Waals surface area (Å²) < 4.78 is 11.3. The lowest BCUT2D eigenvalue weighted by atomic mass is 10.2. The minimum atomic E-state index is -0.266. The maximum Gasteiger partial charge on any atom is 0.246 e. The van der Waals surface area contributed by atoms with Gasteiger partial charge in [0.05, 0.1) is 19.8 Å². The number of anilines is 1. The van der Waals surface area contributed by atoms with Gasteiger partial charge in [0, 0.05) is 18.8 Å². The molecule has 6 heteroatoms.